The van der Waals surface area contributed by atoms with Gasteiger partial charge >= 0.3 is 12.0 Å². The molecule has 6 nitrogen and oxygen atoms in total. The van der Waals surface area contributed by atoms with Crippen molar-refractivity contribution in [1.29, 1.82) is 0 Å². The van der Waals surface area contributed by atoms with E-state index in [0.29, 0.717) is 5.69 Å². The molecule has 1 aliphatic rings. The van der Waals surface area contributed by atoms with E-state index in [1.807, 2.05) is 13.0 Å². The van der Waals surface area contributed by atoms with Crippen molar-refractivity contribution in [3.63, 3.8) is 0 Å². The molecule has 0 radical (unpaired) electrons. The molecular weight excluding hydrogens is 328 g/mol. The van der Waals surface area contributed by atoms with Crippen molar-refractivity contribution in [2.24, 2.45) is 5.92 Å². The Kier molecular flexibility index (Phi) is 4.61. The highest BCUT2D eigenvalue weighted by Crippen LogP contribution is 2.20. The van der Waals surface area contributed by atoms with E-state index in [2.05, 4.69) is 26.6 Å². The Morgan fingerprint density at radius 2 is 2.15 bits per heavy atom. The number of nitrogens with one attached hydrogen (secondary N) is 2. The van der Waals surface area contributed by atoms with Crippen LogP contribution in [0.4, 0.5) is 10.5 Å². The first-order valence-electron chi connectivity index (χ1n) is 6.11. The largest absolute Gasteiger partial charge is 0.481 e. The summed E-state index contributed by atoms with van der Waals surface area (Å²) in [5.41, 5.74) is 1.69. The molecule has 1 fully saturated rings. The van der Waals surface area contributed by atoms with Gasteiger partial charge in [0.1, 0.15) is 5.92 Å². The van der Waals surface area contributed by atoms with Crippen LogP contribution in [-0.4, -0.2) is 36.4 Å². The average Bonchev–Trinajstić information content (AvgIpc) is 2.82. The van der Waals surface area contributed by atoms with E-state index in [1.165, 1.54) is 0 Å². The van der Waals surface area contributed by atoms with E-state index in [0.717, 1.165) is 10.0 Å². The van der Waals surface area contributed by atoms with Gasteiger partial charge in [0.2, 0.25) is 0 Å². The molecule has 0 bridgehead atoms. The number of carboxylic acids is 1. The average molecular weight is 343 g/mol. The van der Waals surface area contributed by atoms with Crippen molar-refractivity contribution in [2.75, 3.05) is 18.5 Å². The first-order valence-corrected chi connectivity index (χ1v) is 6.91. The predicted octanol–water partition coefficient (Wildman–Crippen LogP) is 1.98. The summed E-state index contributed by atoms with van der Waals surface area (Å²) in [5.74, 6) is -1.67. The van der Waals surface area contributed by atoms with Crippen molar-refractivity contribution < 1.29 is 19.4 Å². The Hall–Kier alpha value is -1.60. The third-order valence-electron chi connectivity index (χ3n) is 3.14. The lowest BCUT2D eigenvalue weighted by Gasteiger charge is -2.16. The molecule has 2 rings (SSSR count). The van der Waals surface area contributed by atoms with Gasteiger partial charge in [-0.25, -0.2) is 4.79 Å². The maximum Gasteiger partial charge on any atom is 0.319 e. The zero-order chi connectivity index (χ0) is 14.7. The number of anilines is 1. The summed E-state index contributed by atoms with van der Waals surface area (Å²) in [7, 11) is 0. The van der Waals surface area contributed by atoms with E-state index in [-0.39, 0.29) is 13.2 Å². The normalized spacial score (nSPS) is 21.5. The number of rotatable bonds is 3. The van der Waals surface area contributed by atoms with Gasteiger partial charge in [-0.3, -0.25) is 4.79 Å². The Morgan fingerprint density at radius 3 is 2.80 bits per heavy atom. The van der Waals surface area contributed by atoms with E-state index >= 15 is 0 Å². The fraction of sp³-hybridized carbons (Fsp3) is 0.385. The minimum Gasteiger partial charge on any atom is -0.481 e. The maximum atomic E-state index is 11.8. The van der Waals surface area contributed by atoms with Crippen LogP contribution in [0.2, 0.25) is 0 Å². The molecule has 3 N–H and O–H groups in total. The van der Waals surface area contributed by atoms with Crippen LogP contribution in [0.15, 0.2) is 22.7 Å². The fourth-order valence-electron chi connectivity index (χ4n) is 1.95. The minimum atomic E-state index is -0.967. The molecule has 2 unspecified atom stereocenters. The SMILES string of the molecule is Cc1ccc(NC(=O)NC2COCC2C(=O)O)cc1Br. The molecule has 1 heterocycles. The molecule has 2 atom stereocenters. The van der Waals surface area contributed by atoms with Gasteiger partial charge in [-0.2, -0.15) is 0 Å². The minimum absolute atomic E-state index is 0.121. The summed E-state index contributed by atoms with van der Waals surface area (Å²) >= 11 is 3.38. The smallest absolute Gasteiger partial charge is 0.319 e. The van der Waals surface area contributed by atoms with Crippen LogP contribution in [0, 0.1) is 12.8 Å². The van der Waals surface area contributed by atoms with Crippen molar-refractivity contribution in [3.8, 4) is 0 Å². The van der Waals surface area contributed by atoms with Crippen molar-refractivity contribution in [3.05, 3.63) is 28.2 Å². The second-order valence-electron chi connectivity index (χ2n) is 4.65. The summed E-state index contributed by atoms with van der Waals surface area (Å²) in [6.07, 6.45) is 0. The Labute approximate surface area is 124 Å². The van der Waals surface area contributed by atoms with Crippen LogP contribution >= 0.6 is 15.9 Å². The van der Waals surface area contributed by atoms with Gasteiger partial charge in [-0.15, -0.1) is 0 Å². The van der Waals surface area contributed by atoms with Gasteiger partial charge < -0.3 is 20.5 Å². The van der Waals surface area contributed by atoms with E-state index in [1.54, 1.807) is 12.1 Å². The van der Waals surface area contributed by atoms with Crippen LogP contribution in [0.5, 0.6) is 0 Å². The quantitative estimate of drug-likeness (QED) is 0.783. The van der Waals surface area contributed by atoms with Crippen molar-refractivity contribution >= 4 is 33.6 Å². The Morgan fingerprint density at radius 1 is 1.40 bits per heavy atom. The molecule has 1 aromatic rings. The first-order chi connectivity index (χ1) is 9.47. The number of aryl methyl sites for hydroxylation is 1. The molecule has 0 saturated carbocycles. The number of ether oxygens (including phenoxy) is 1. The second-order valence-corrected chi connectivity index (χ2v) is 5.51. The van der Waals surface area contributed by atoms with Crippen molar-refractivity contribution in [1.82, 2.24) is 5.32 Å². The Balaban J connectivity index is 1.95. The summed E-state index contributed by atoms with van der Waals surface area (Å²) in [4.78, 5) is 22.8. The molecule has 1 aromatic carbocycles. The monoisotopic (exact) mass is 342 g/mol. The number of amides is 2. The predicted molar refractivity (Wildman–Crippen MR) is 76.8 cm³/mol. The summed E-state index contributed by atoms with van der Waals surface area (Å²) in [6, 6.07) is 4.48. The van der Waals surface area contributed by atoms with Gasteiger partial charge in [0.25, 0.3) is 0 Å². The van der Waals surface area contributed by atoms with E-state index in [4.69, 9.17) is 9.84 Å². The highest BCUT2D eigenvalue weighted by Gasteiger charge is 2.35. The van der Waals surface area contributed by atoms with Gasteiger partial charge in [0.15, 0.2) is 0 Å². The number of carboxylic acid groups (broad SMARTS) is 1. The first kappa shape index (κ1) is 14.8. The van der Waals surface area contributed by atoms with Gasteiger partial charge in [0, 0.05) is 10.2 Å². The maximum absolute atomic E-state index is 11.8. The Bertz CT molecular complexity index is 535. The van der Waals surface area contributed by atoms with Crippen LogP contribution in [-0.2, 0) is 9.53 Å². The number of benzene rings is 1. The molecule has 0 spiro atoms. The number of urea groups is 1. The molecule has 2 amide bonds. The summed E-state index contributed by atoms with van der Waals surface area (Å²) in [6.45, 7) is 2.28. The van der Waals surface area contributed by atoms with Gasteiger partial charge in [-0.05, 0) is 24.6 Å². The highest BCUT2D eigenvalue weighted by molar-refractivity contribution is 9.10. The van der Waals surface area contributed by atoms with Crippen LogP contribution in [0.25, 0.3) is 0 Å². The third-order valence-corrected chi connectivity index (χ3v) is 4.00. The van der Waals surface area contributed by atoms with Crippen molar-refractivity contribution in [2.45, 2.75) is 13.0 Å². The molecule has 7 heteroatoms. The molecule has 20 heavy (non-hydrogen) atoms. The topological polar surface area (TPSA) is 87.7 Å². The molecule has 0 aliphatic carbocycles. The lowest BCUT2D eigenvalue weighted by Crippen LogP contribution is -2.44. The zero-order valence-corrected chi connectivity index (χ0v) is 12.4. The number of carbonyl (C=O) groups excluding carboxylic acids is 1. The number of hydrogen-bond donors (Lipinski definition) is 3. The number of aliphatic carboxylic acids is 1. The standard InChI is InChI=1S/C13H15BrN2O4/c1-7-2-3-8(4-10(7)14)15-13(19)16-11-6-20-5-9(11)12(17)18/h2-4,9,11H,5-6H2,1H3,(H,17,18)(H2,15,16,19). The lowest BCUT2D eigenvalue weighted by molar-refractivity contribution is -0.142. The molecule has 0 aromatic heterocycles. The highest BCUT2D eigenvalue weighted by atomic mass is 79.9. The van der Waals surface area contributed by atoms with Gasteiger partial charge in [-0.1, -0.05) is 22.0 Å². The zero-order valence-electron chi connectivity index (χ0n) is 10.9. The molecule has 1 aliphatic heterocycles. The third kappa shape index (κ3) is 3.49. The lowest BCUT2D eigenvalue weighted by atomic mass is 10.0. The molecule has 1 saturated heterocycles. The molecule has 108 valence electrons. The second kappa shape index (κ2) is 6.23. The van der Waals surface area contributed by atoms with Crippen LogP contribution < -0.4 is 10.6 Å². The van der Waals surface area contributed by atoms with Crippen LogP contribution in [0.3, 0.4) is 0 Å². The van der Waals surface area contributed by atoms with Gasteiger partial charge in [0.05, 0.1) is 19.3 Å². The summed E-state index contributed by atoms with van der Waals surface area (Å²) in [5, 5.41) is 14.3. The number of hydrogen-bond acceptors (Lipinski definition) is 3. The molecular formula is C13H15BrN2O4. The number of halogens is 1. The van der Waals surface area contributed by atoms with E-state index < -0.39 is 24.0 Å². The van der Waals surface area contributed by atoms with E-state index in [9.17, 15) is 9.59 Å². The number of carbonyl (C=O) groups is 2. The fourth-order valence-corrected chi connectivity index (χ4v) is 2.32. The van der Waals surface area contributed by atoms with Crippen LogP contribution in [0.1, 0.15) is 5.56 Å². The summed E-state index contributed by atoms with van der Waals surface area (Å²) < 4.78 is 5.98.